The van der Waals surface area contributed by atoms with Crippen molar-refractivity contribution in [3.63, 3.8) is 0 Å². The molecule has 1 aromatic carbocycles. The van der Waals surface area contributed by atoms with Crippen LogP contribution in [0.4, 0.5) is 0 Å². The van der Waals surface area contributed by atoms with Crippen LogP contribution in [0.15, 0.2) is 16.5 Å². The van der Waals surface area contributed by atoms with Gasteiger partial charge < -0.3 is 9.73 Å². The quantitative estimate of drug-likeness (QED) is 0.900. The van der Waals surface area contributed by atoms with Crippen LogP contribution in [-0.4, -0.2) is 6.04 Å². The second kappa shape index (κ2) is 4.38. The summed E-state index contributed by atoms with van der Waals surface area (Å²) in [6.07, 6.45) is 7.50. The van der Waals surface area contributed by atoms with E-state index in [1.807, 2.05) is 0 Å². The van der Waals surface area contributed by atoms with Gasteiger partial charge in [0.2, 0.25) is 0 Å². The Morgan fingerprint density at radius 1 is 1.21 bits per heavy atom. The molecule has 2 aromatic rings. The lowest BCUT2D eigenvalue weighted by atomic mass is 10.0. The first-order valence-electron chi connectivity index (χ1n) is 7.64. The molecule has 0 atom stereocenters. The topological polar surface area (TPSA) is 25.2 Å². The normalized spacial score (nSPS) is 18.2. The summed E-state index contributed by atoms with van der Waals surface area (Å²) in [5, 5.41) is 4.93. The number of fused-ring (bicyclic) bond motifs is 2. The Kier molecular flexibility index (Phi) is 2.66. The molecule has 1 N–H and O–H groups in total. The van der Waals surface area contributed by atoms with Gasteiger partial charge in [0.05, 0.1) is 6.54 Å². The maximum Gasteiger partial charge on any atom is 0.134 e. The highest BCUT2D eigenvalue weighted by Gasteiger charge is 2.22. The molecule has 1 fully saturated rings. The SMILES string of the molecule is CCc1c(CNC2CC2)oc2cc3c(cc12)CCC3. The van der Waals surface area contributed by atoms with Crippen LogP contribution < -0.4 is 5.32 Å². The second-order valence-corrected chi connectivity index (χ2v) is 5.98. The summed E-state index contributed by atoms with van der Waals surface area (Å²) < 4.78 is 6.13. The Hall–Kier alpha value is -1.28. The molecule has 1 aromatic heterocycles. The van der Waals surface area contributed by atoms with Gasteiger partial charge in [-0.2, -0.15) is 0 Å². The van der Waals surface area contributed by atoms with Gasteiger partial charge in [0.1, 0.15) is 11.3 Å². The smallest absolute Gasteiger partial charge is 0.134 e. The standard InChI is InChI=1S/C17H21NO/c1-2-14-15-8-11-4-3-5-12(11)9-16(15)19-17(14)10-18-13-6-7-13/h8-9,13,18H,2-7,10H2,1H3. The first-order chi connectivity index (χ1) is 9.35. The van der Waals surface area contributed by atoms with E-state index in [-0.39, 0.29) is 0 Å². The minimum Gasteiger partial charge on any atom is -0.459 e. The van der Waals surface area contributed by atoms with Crippen molar-refractivity contribution in [2.45, 2.75) is 58.0 Å². The summed E-state index contributed by atoms with van der Waals surface area (Å²) in [5.74, 6) is 1.16. The third-order valence-electron chi connectivity index (χ3n) is 4.57. The van der Waals surface area contributed by atoms with Gasteiger partial charge in [-0.3, -0.25) is 0 Å². The molecule has 1 heterocycles. The van der Waals surface area contributed by atoms with Crippen LogP contribution in [0.3, 0.4) is 0 Å². The summed E-state index contributed by atoms with van der Waals surface area (Å²) in [6, 6.07) is 5.42. The van der Waals surface area contributed by atoms with Crippen LogP contribution >= 0.6 is 0 Å². The van der Waals surface area contributed by atoms with E-state index in [1.54, 1.807) is 5.56 Å². The summed E-state index contributed by atoms with van der Waals surface area (Å²) in [6.45, 7) is 3.13. The van der Waals surface area contributed by atoms with Crippen LogP contribution in [0.2, 0.25) is 0 Å². The van der Waals surface area contributed by atoms with Crippen molar-refractivity contribution in [3.05, 3.63) is 34.6 Å². The number of nitrogens with one attached hydrogen (secondary N) is 1. The van der Waals surface area contributed by atoms with Crippen LogP contribution in [0.1, 0.15) is 48.6 Å². The lowest BCUT2D eigenvalue weighted by Crippen LogP contribution is -2.15. The van der Waals surface area contributed by atoms with Crippen molar-refractivity contribution in [3.8, 4) is 0 Å². The molecular formula is C17H21NO. The van der Waals surface area contributed by atoms with E-state index in [0.717, 1.165) is 30.4 Å². The predicted octanol–water partition coefficient (Wildman–Crippen LogP) is 3.74. The van der Waals surface area contributed by atoms with E-state index in [4.69, 9.17) is 4.42 Å². The summed E-state index contributed by atoms with van der Waals surface area (Å²) >= 11 is 0. The molecule has 0 saturated heterocycles. The third-order valence-corrected chi connectivity index (χ3v) is 4.57. The van der Waals surface area contributed by atoms with Crippen molar-refractivity contribution in [2.75, 3.05) is 0 Å². The number of rotatable bonds is 4. The highest BCUT2D eigenvalue weighted by atomic mass is 16.3. The fourth-order valence-corrected chi connectivity index (χ4v) is 3.32. The van der Waals surface area contributed by atoms with E-state index >= 15 is 0 Å². The predicted molar refractivity (Wildman–Crippen MR) is 77.5 cm³/mol. The third kappa shape index (κ3) is 1.99. The molecule has 2 aliphatic rings. The molecule has 0 unspecified atom stereocenters. The molecule has 2 nitrogen and oxygen atoms in total. The van der Waals surface area contributed by atoms with Crippen molar-refractivity contribution >= 4 is 11.0 Å². The van der Waals surface area contributed by atoms with Crippen molar-refractivity contribution in [2.24, 2.45) is 0 Å². The van der Waals surface area contributed by atoms with Crippen LogP contribution in [0.25, 0.3) is 11.0 Å². The van der Waals surface area contributed by atoms with Gasteiger partial charge in [0.25, 0.3) is 0 Å². The van der Waals surface area contributed by atoms with Crippen molar-refractivity contribution < 1.29 is 4.42 Å². The lowest BCUT2D eigenvalue weighted by Gasteiger charge is -2.02. The number of furan rings is 1. The molecule has 0 spiro atoms. The summed E-state index contributed by atoms with van der Waals surface area (Å²) in [5.41, 5.74) is 5.57. The zero-order valence-electron chi connectivity index (χ0n) is 11.6. The zero-order chi connectivity index (χ0) is 12.8. The van der Waals surface area contributed by atoms with Crippen LogP contribution in [-0.2, 0) is 25.8 Å². The van der Waals surface area contributed by atoms with Gasteiger partial charge in [-0.05, 0) is 61.8 Å². The molecule has 19 heavy (non-hydrogen) atoms. The largest absolute Gasteiger partial charge is 0.459 e. The van der Waals surface area contributed by atoms with E-state index in [1.165, 1.54) is 48.6 Å². The number of hydrogen-bond donors (Lipinski definition) is 1. The second-order valence-electron chi connectivity index (χ2n) is 5.98. The molecule has 2 aliphatic carbocycles. The van der Waals surface area contributed by atoms with E-state index in [0.29, 0.717) is 0 Å². The average molecular weight is 255 g/mol. The van der Waals surface area contributed by atoms with Crippen LogP contribution in [0, 0.1) is 0 Å². The highest BCUT2D eigenvalue weighted by Crippen LogP contribution is 2.33. The van der Waals surface area contributed by atoms with E-state index in [2.05, 4.69) is 24.4 Å². The number of aryl methyl sites for hydroxylation is 3. The summed E-state index contributed by atoms with van der Waals surface area (Å²) in [7, 11) is 0. The average Bonchev–Trinajstić information content (AvgIpc) is 3.03. The molecule has 0 amide bonds. The first kappa shape index (κ1) is 11.5. The van der Waals surface area contributed by atoms with Gasteiger partial charge in [-0.25, -0.2) is 0 Å². The lowest BCUT2D eigenvalue weighted by molar-refractivity contribution is 0.507. The Balaban J connectivity index is 1.75. The van der Waals surface area contributed by atoms with Gasteiger partial charge in [0, 0.05) is 17.0 Å². The van der Waals surface area contributed by atoms with Gasteiger partial charge in [-0.15, -0.1) is 0 Å². The fraction of sp³-hybridized carbons (Fsp3) is 0.529. The molecule has 2 heteroatoms. The monoisotopic (exact) mass is 255 g/mol. The molecular weight excluding hydrogens is 234 g/mol. The van der Waals surface area contributed by atoms with Crippen LogP contribution in [0.5, 0.6) is 0 Å². The molecule has 0 aliphatic heterocycles. The number of hydrogen-bond acceptors (Lipinski definition) is 2. The minimum absolute atomic E-state index is 0.739. The minimum atomic E-state index is 0.739. The fourth-order valence-electron chi connectivity index (χ4n) is 3.32. The maximum absolute atomic E-state index is 6.13. The Bertz CT molecular complexity index is 622. The van der Waals surface area contributed by atoms with E-state index in [9.17, 15) is 0 Å². The maximum atomic E-state index is 6.13. The zero-order valence-corrected chi connectivity index (χ0v) is 11.6. The van der Waals surface area contributed by atoms with Gasteiger partial charge in [-0.1, -0.05) is 6.92 Å². The molecule has 1 saturated carbocycles. The molecule has 4 rings (SSSR count). The first-order valence-corrected chi connectivity index (χ1v) is 7.64. The summed E-state index contributed by atoms with van der Waals surface area (Å²) in [4.78, 5) is 0. The van der Waals surface area contributed by atoms with E-state index < -0.39 is 0 Å². The van der Waals surface area contributed by atoms with Crippen molar-refractivity contribution in [1.82, 2.24) is 5.32 Å². The Morgan fingerprint density at radius 2 is 2.00 bits per heavy atom. The van der Waals surface area contributed by atoms with Crippen molar-refractivity contribution in [1.29, 1.82) is 0 Å². The number of benzene rings is 1. The van der Waals surface area contributed by atoms with Gasteiger partial charge in [0.15, 0.2) is 0 Å². The molecule has 0 bridgehead atoms. The Labute approximate surface area is 114 Å². The molecule has 100 valence electrons. The molecule has 0 radical (unpaired) electrons. The Morgan fingerprint density at radius 3 is 2.74 bits per heavy atom. The van der Waals surface area contributed by atoms with Gasteiger partial charge >= 0.3 is 0 Å². The highest BCUT2D eigenvalue weighted by molar-refractivity contribution is 5.84.